The maximum absolute atomic E-state index is 6.38. The first kappa shape index (κ1) is 17.2. The third-order valence-corrected chi connectivity index (χ3v) is 5.25. The fourth-order valence-electron chi connectivity index (χ4n) is 4.20. The van der Waals surface area contributed by atoms with Crippen molar-refractivity contribution in [2.75, 3.05) is 13.1 Å². The minimum absolute atomic E-state index is 0. The zero-order valence-electron chi connectivity index (χ0n) is 14.7. The van der Waals surface area contributed by atoms with E-state index in [9.17, 15) is 0 Å². The van der Waals surface area contributed by atoms with Gasteiger partial charge in [-0.3, -0.25) is 4.90 Å². The zero-order valence-corrected chi connectivity index (χ0v) is 14.7. The van der Waals surface area contributed by atoms with Gasteiger partial charge >= 0.3 is 0 Å². The second kappa shape index (κ2) is 6.32. The normalized spacial score (nSPS) is 21.5. The number of benzene rings is 2. The lowest BCUT2D eigenvalue weighted by Crippen LogP contribution is -2.62. The van der Waals surface area contributed by atoms with Crippen molar-refractivity contribution in [1.82, 2.24) is 11.1 Å². The van der Waals surface area contributed by atoms with Gasteiger partial charge in [0.2, 0.25) is 0 Å². The monoisotopic (exact) mass is 324 g/mol. The lowest BCUT2D eigenvalue weighted by Gasteiger charge is -2.51. The van der Waals surface area contributed by atoms with Crippen LogP contribution in [0.3, 0.4) is 0 Å². The number of hydrogen-bond acceptors (Lipinski definition) is 3. The molecule has 0 aliphatic carbocycles. The van der Waals surface area contributed by atoms with E-state index in [0.29, 0.717) is 6.04 Å². The molecular weight excluding hydrogens is 296 g/mol. The van der Waals surface area contributed by atoms with E-state index < -0.39 is 0 Å². The van der Waals surface area contributed by atoms with E-state index in [4.69, 9.17) is 4.74 Å². The lowest BCUT2D eigenvalue weighted by molar-refractivity contribution is -0.168. The lowest BCUT2D eigenvalue weighted by atomic mass is 9.85. The Hall–Kier alpha value is -1.68. The highest BCUT2D eigenvalue weighted by molar-refractivity contribution is 5.33. The van der Waals surface area contributed by atoms with Crippen molar-refractivity contribution in [1.29, 1.82) is 0 Å². The Balaban J connectivity index is 0.00000169. The molecule has 4 rings (SSSR count). The first-order valence-electron chi connectivity index (χ1n) is 8.61. The Bertz CT molecular complexity index is 623. The standard InChI is InChI=1S/C21H25NO.H3N/c1-20(2)13-14-21(23-20)15-22(16-21)19(17-9-5-3-6-10-17)18-11-7-4-8-12-18;/h3-12,19H,13-16H2,1-2H3;1H3. The van der Waals surface area contributed by atoms with Crippen molar-refractivity contribution in [2.24, 2.45) is 0 Å². The van der Waals surface area contributed by atoms with E-state index in [1.54, 1.807) is 0 Å². The second-order valence-corrected chi connectivity index (χ2v) is 7.67. The average molecular weight is 324 g/mol. The van der Waals surface area contributed by atoms with Crippen LogP contribution in [0.4, 0.5) is 0 Å². The molecule has 2 aliphatic heterocycles. The van der Waals surface area contributed by atoms with Crippen LogP contribution in [0.15, 0.2) is 60.7 Å². The third-order valence-electron chi connectivity index (χ3n) is 5.25. The summed E-state index contributed by atoms with van der Waals surface area (Å²) in [6.45, 7) is 6.50. The van der Waals surface area contributed by atoms with Gasteiger partial charge in [-0.2, -0.15) is 0 Å². The van der Waals surface area contributed by atoms with E-state index >= 15 is 0 Å². The molecule has 2 fully saturated rings. The van der Waals surface area contributed by atoms with E-state index in [2.05, 4.69) is 79.4 Å². The average Bonchev–Trinajstić information content (AvgIpc) is 2.85. The first-order valence-corrected chi connectivity index (χ1v) is 8.61. The van der Waals surface area contributed by atoms with Crippen molar-refractivity contribution >= 4 is 0 Å². The second-order valence-electron chi connectivity index (χ2n) is 7.67. The van der Waals surface area contributed by atoms with Crippen molar-refractivity contribution in [2.45, 2.75) is 43.9 Å². The molecule has 3 N–H and O–H groups in total. The topological polar surface area (TPSA) is 47.5 Å². The summed E-state index contributed by atoms with van der Waals surface area (Å²) in [7, 11) is 0. The molecule has 128 valence electrons. The van der Waals surface area contributed by atoms with E-state index in [0.717, 1.165) is 13.1 Å². The highest BCUT2D eigenvalue weighted by atomic mass is 16.5. The Morgan fingerprint density at radius 3 is 1.75 bits per heavy atom. The van der Waals surface area contributed by atoms with Crippen molar-refractivity contribution in [3.8, 4) is 0 Å². The molecular formula is C21H28N2O. The van der Waals surface area contributed by atoms with E-state index in [1.807, 2.05) is 0 Å². The summed E-state index contributed by atoms with van der Waals surface area (Å²) in [5.74, 6) is 0. The Morgan fingerprint density at radius 1 is 0.833 bits per heavy atom. The SMILES string of the molecule is CC1(C)CCC2(CN(C(c3ccccc3)c3ccccc3)C2)O1.N. The molecule has 2 aromatic carbocycles. The van der Waals surface area contributed by atoms with Crippen LogP contribution in [0, 0.1) is 0 Å². The van der Waals surface area contributed by atoms with Gasteiger partial charge in [0.05, 0.1) is 17.2 Å². The summed E-state index contributed by atoms with van der Waals surface area (Å²) in [4.78, 5) is 2.56. The number of rotatable bonds is 3. The molecule has 0 atom stereocenters. The van der Waals surface area contributed by atoms with Crippen molar-refractivity contribution < 1.29 is 4.74 Å². The summed E-state index contributed by atoms with van der Waals surface area (Å²) in [6.07, 6.45) is 2.36. The van der Waals surface area contributed by atoms with Gasteiger partial charge in [0, 0.05) is 13.1 Å². The summed E-state index contributed by atoms with van der Waals surface area (Å²) in [5, 5.41) is 0. The molecule has 0 bridgehead atoms. The maximum atomic E-state index is 6.38. The van der Waals surface area contributed by atoms with Gasteiger partial charge in [-0.15, -0.1) is 0 Å². The molecule has 3 heteroatoms. The number of hydrogen-bond donors (Lipinski definition) is 1. The summed E-state index contributed by atoms with van der Waals surface area (Å²) >= 11 is 0. The van der Waals surface area contributed by atoms with Crippen LogP contribution in [0.25, 0.3) is 0 Å². The Labute approximate surface area is 145 Å². The molecule has 2 aliphatic rings. The van der Waals surface area contributed by atoms with Gasteiger partial charge in [-0.05, 0) is 37.8 Å². The fourth-order valence-corrected chi connectivity index (χ4v) is 4.20. The summed E-state index contributed by atoms with van der Waals surface area (Å²) in [5.41, 5.74) is 2.86. The minimum atomic E-state index is 0. The van der Waals surface area contributed by atoms with Gasteiger partial charge < -0.3 is 10.9 Å². The van der Waals surface area contributed by atoms with Crippen molar-refractivity contribution in [3.05, 3.63) is 71.8 Å². The smallest absolute Gasteiger partial charge is 0.0943 e. The molecule has 2 aromatic rings. The zero-order chi connectivity index (χ0) is 15.9. The van der Waals surface area contributed by atoms with Crippen LogP contribution in [-0.2, 0) is 4.74 Å². The maximum Gasteiger partial charge on any atom is 0.0943 e. The molecule has 1 spiro atoms. The predicted molar refractivity (Wildman–Crippen MR) is 98.5 cm³/mol. The number of nitrogens with zero attached hydrogens (tertiary/aromatic N) is 1. The molecule has 0 radical (unpaired) electrons. The van der Waals surface area contributed by atoms with Crippen LogP contribution in [0.5, 0.6) is 0 Å². The van der Waals surface area contributed by atoms with Crippen LogP contribution < -0.4 is 6.15 Å². The van der Waals surface area contributed by atoms with Gasteiger partial charge in [0.15, 0.2) is 0 Å². The minimum Gasteiger partial charge on any atom is -0.366 e. The summed E-state index contributed by atoms with van der Waals surface area (Å²) in [6, 6.07) is 22.0. The number of ether oxygens (including phenoxy) is 1. The van der Waals surface area contributed by atoms with Gasteiger partial charge in [0.25, 0.3) is 0 Å². The fraction of sp³-hybridized carbons (Fsp3) is 0.429. The summed E-state index contributed by atoms with van der Waals surface area (Å²) < 4.78 is 6.38. The van der Waals surface area contributed by atoms with E-state index in [1.165, 1.54) is 24.0 Å². The highest BCUT2D eigenvalue weighted by Gasteiger charge is 2.53. The van der Waals surface area contributed by atoms with Crippen molar-refractivity contribution in [3.63, 3.8) is 0 Å². The molecule has 0 unspecified atom stereocenters. The van der Waals surface area contributed by atoms with Gasteiger partial charge in [-0.1, -0.05) is 60.7 Å². The molecule has 0 saturated carbocycles. The largest absolute Gasteiger partial charge is 0.366 e. The van der Waals surface area contributed by atoms with E-state index in [-0.39, 0.29) is 17.4 Å². The van der Waals surface area contributed by atoms with Crippen LogP contribution in [0.2, 0.25) is 0 Å². The number of likely N-dealkylation sites (tertiary alicyclic amines) is 1. The Morgan fingerprint density at radius 2 is 1.33 bits per heavy atom. The molecule has 0 aromatic heterocycles. The molecule has 3 nitrogen and oxygen atoms in total. The van der Waals surface area contributed by atoms with Crippen LogP contribution >= 0.6 is 0 Å². The quantitative estimate of drug-likeness (QED) is 0.899. The predicted octanol–water partition coefficient (Wildman–Crippen LogP) is 4.58. The van der Waals surface area contributed by atoms with Crippen LogP contribution in [-0.4, -0.2) is 29.2 Å². The van der Waals surface area contributed by atoms with Gasteiger partial charge in [-0.25, -0.2) is 0 Å². The molecule has 24 heavy (non-hydrogen) atoms. The molecule has 0 amide bonds. The van der Waals surface area contributed by atoms with Crippen LogP contribution in [0.1, 0.15) is 43.9 Å². The molecule has 2 saturated heterocycles. The highest BCUT2D eigenvalue weighted by Crippen LogP contribution is 2.46. The third kappa shape index (κ3) is 3.12. The first-order chi connectivity index (χ1) is 11.1. The Kier molecular flexibility index (Phi) is 4.52. The molecule has 2 heterocycles. The van der Waals surface area contributed by atoms with Gasteiger partial charge in [0.1, 0.15) is 0 Å².